The van der Waals surface area contributed by atoms with Gasteiger partial charge in [-0.25, -0.2) is 4.79 Å². The summed E-state index contributed by atoms with van der Waals surface area (Å²) in [5.41, 5.74) is 1.63. The second-order valence-corrected chi connectivity index (χ2v) is 8.65. The molecule has 0 fully saturated rings. The molecule has 0 saturated heterocycles. The molecule has 30 heavy (non-hydrogen) atoms. The topological polar surface area (TPSA) is 73.0 Å². The molecule has 0 spiro atoms. The van der Waals surface area contributed by atoms with Crippen LogP contribution in [-0.4, -0.2) is 64.8 Å². The maximum absolute atomic E-state index is 13.5. The zero-order valence-corrected chi connectivity index (χ0v) is 19.2. The Morgan fingerprint density at radius 3 is 2.50 bits per heavy atom. The van der Waals surface area contributed by atoms with Crippen molar-refractivity contribution in [1.29, 1.82) is 0 Å². The van der Waals surface area contributed by atoms with Gasteiger partial charge in [0.2, 0.25) is 5.91 Å². The summed E-state index contributed by atoms with van der Waals surface area (Å²) in [6.45, 7) is 7.98. The van der Waals surface area contributed by atoms with Gasteiger partial charge in [-0.15, -0.1) is 0 Å². The summed E-state index contributed by atoms with van der Waals surface area (Å²) in [7, 11) is 1.72. The van der Waals surface area contributed by atoms with Crippen LogP contribution >= 0.6 is 23.2 Å². The number of hydrogen-bond donors (Lipinski definition) is 1. The highest BCUT2D eigenvalue weighted by atomic mass is 35.5. The number of carbonyl (C=O) groups excluding carboxylic acids is 3. The van der Waals surface area contributed by atoms with Crippen LogP contribution in [0.5, 0.6) is 0 Å². The molecular weight excluding hydrogens is 427 g/mol. The van der Waals surface area contributed by atoms with Crippen molar-refractivity contribution in [3.8, 4) is 0 Å². The molecule has 3 rings (SSSR count). The number of nitrogens with one attached hydrogen (secondary N) is 1. The lowest BCUT2D eigenvalue weighted by Gasteiger charge is -2.33. The monoisotopic (exact) mass is 452 g/mol. The molecule has 0 aromatic heterocycles. The van der Waals surface area contributed by atoms with Crippen molar-refractivity contribution in [2.75, 3.05) is 20.1 Å². The number of carbonyl (C=O) groups is 3. The minimum absolute atomic E-state index is 0.0104. The summed E-state index contributed by atoms with van der Waals surface area (Å²) in [6.07, 6.45) is 0. The standard InChI is InChI=1S/C21H26Cl2N4O3/c1-6-26-16-10-27(12(4)19(28)25(5)11(2)3)20(29)17(16)18(24-21(26)30)14-8-7-13(22)9-15(14)23/h7-9,11-12,18H,6,10H2,1-5H3,(H,24,30)/t12-,18-/m1/s1. The van der Waals surface area contributed by atoms with Crippen molar-refractivity contribution in [3.63, 3.8) is 0 Å². The fourth-order valence-electron chi connectivity index (χ4n) is 3.81. The van der Waals surface area contributed by atoms with Crippen LogP contribution in [0.2, 0.25) is 10.0 Å². The Hall–Kier alpha value is -2.25. The highest BCUT2D eigenvalue weighted by molar-refractivity contribution is 6.35. The third kappa shape index (κ3) is 3.76. The molecule has 2 atom stereocenters. The highest BCUT2D eigenvalue weighted by Crippen LogP contribution is 2.39. The Morgan fingerprint density at radius 2 is 1.93 bits per heavy atom. The number of benzene rings is 1. The van der Waals surface area contributed by atoms with Crippen LogP contribution < -0.4 is 5.32 Å². The molecule has 1 aromatic carbocycles. The van der Waals surface area contributed by atoms with Gasteiger partial charge in [0.15, 0.2) is 0 Å². The van der Waals surface area contributed by atoms with E-state index in [2.05, 4.69) is 5.32 Å². The number of halogens is 2. The lowest BCUT2D eigenvalue weighted by molar-refractivity contribution is -0.142. The van der Waals surface area contributed by atoms with Gasteiger partial charge >= 0.3 is 6.03 Å². The maximum atomic E-state index is 13.5. The number of amides is 4. The minimum atomic E-state index is -0.706. The molecule has 0 saturated carbocycles. The molecule has 2 heterocycles. The summed E-state index contributed by atoms with van der Waals surface area (Å²) in [4.78, 5) is 43.7. The predicted molar refractivity (Wildman–Crippen MR) is 116 cm³/mol. The van der Waals surface area contributed by atoms with Gasteiger partial charge < -0.3 is 15.1 Å². The van der Waals surface area contributed by atoms with E-state index >= 15 is 0 Å². The van der Waals surface area contributed by atoms with Crippen LogP contribution in [0.4, 0.5) is 4.79 Å². The lowest BCUT2D eigenvalue weighted by atomic mass is 9.95. The molecule has 2 aliphatic rings. The molecule has 4 amide bonds. The second-order valence-electron chi connectivity index (χ2n) is 7.80. The van der Waals surface area contributed by atoms with Gasteiger partial charge in [-0.1, -0.05) is 29.3 Å². The van der Waals surface area contributed by atoms with Crippen molar-refractivity contribution in [2.45, 2.75) is 45.8 Å². The molecule has 2 aliphatic heterocycles. The minimum Gasteiger partial charge on any atom is -0.342 e. The van der Waals surface area contributed by atoms with E-state index in [1.807, 2.05) is 20.8 Å². The molecule has 0 radical (unpaired) electrons. The van der Waals surface area contributed by atoms with Crippen LogP contribution in [0.25, 0.3) is 0 Å². The van der Waals surface area contributed by atoms with Gasteiger partial charge in [-0.2, -0.15) is 0 Å². The van der Waals surface area contributed by atoms with Crippen LogP contribution in [0.1, 0.15) is 39.3 Å². The largest absolute Gasteiger partial charge is 0.342 e. The first-order valence-corrected chi connectivity index (χ1v) is 10.7. The summed E-state index contributed by atoms with van der Waals surface area (Å²) in [5, 5.41) is 3.71. The SMILES string of the molecule is CCN1C(=O)N[C@H](c2ccc(Cl)cc2Cl)C2=C1CN([C@H](C)C(=O)N(C)C(C)C)C2=O. The van der Waals surface area contributed by atoms with E-state index in [1.165, 1.54) is 9.80 Å². The van der Waals surface area contributed by atoms with Crippen LogP contribution in [0, 0.1) is 0 Å². The van der Waals surface area contributed by atoms with Crippen molar-refractivity contribution < 1.29 is 14.4 Å². The predicted octanol–water partition coefficient (Wildman–Crippen LogP) is 3.43. The molecule has 7 nitrogen and oxygen atoms in total. The molecule has 0 unspecified atom stereocenters. The van der Waals surface area contributed by atoms with E-state index in [-0.39, 0.29) is 30.4 Å². The molecule has 1 N–H and O–H groups in total. The smallest absolute Gasteiger partial charge is 0.322 e. The summed E-state index contributed by atoms with van der Waals surface area (Å²) >= 11 is 12.4. The van der Waals surface area contributed by atoms with Crippen LogP contribution in [0.15, 0.2) is 29.5 Å². The molecule has 162 valence electrons. The Morgan fingerprint density at radius 1 is 1.27 bits per heavy atom. The second kappa shape index (κ2) is 8.47. The Labute approximate surface area is 186 Å². The summed E-state index contributed by atoms with van der Waals surface area (Å²) in [6, 6.07) is 3.30. The third-order valence-corrected chi connectivity index (χ3v) is 6.35. The zero-order chi connectivity index (χ0) is 22.3. The fourth-order valence-corrected chi connectivity index (χ4v) is 4.33. The first-order chi connectivity index (χ1) is 14.1. The van der Waals surface area contributed by atoms with E-state index in [0.717, 1.165) is 0 Å². The maximum Gasteiger partial charge on any atom is 0.322 e. The van der Waals surface area contributed by atoms with Crippen LogP contribution in [0.3, 0.4) is 0 Å². The Bertz CT molecular complexity index is 931. The fraction of sp³-hybridized carbons (Fsp3) is 0.476. The summed E-state index contributed by atoms with van der Waals surface area (Å²) < 4.78 is 0. The number of urea groups is 1. The lowest BCUT2D eigenvalue weighted by Crippen LogP contribution is -2.49. The first-order valence-electron chi connectivity index (χ1n) is 9.92. The van der Waals surface area contributed by atoms with Gasteiger partial charge in [0.25, 0.3) is 5.91 Å². The van der Waals surface area contributed by atoms with Gasteiger partial charge in [0, 0.05) is 29.7 Å². The molecule has 1 aromatic rings. The van der Waals surface area contributed by atoms with E-state index in [4.69, 9.17) is 23.2 Å². The molecule has 0 bridgehead atoms. The number of rotatable bonds is 5. The average Bonchev–Trinajstić information content (AvgIpc) is 3.03. The van der Waals surface area contributed by atoms with Gasteiger partial charge in [0.1, 0.15) is 6.04 Å². The summed E-state index contributed by atoms with van der Waals surface area (Å²) in [5.74, 6) is -0.431. The van der Waals surface area contributed by atoms with Gasteiger partial charge in [-0.3, -0.25) is 14.5 Å². The van der Waals surface area contributed by atoms with E-state index in [1.54, 1.807) is 37.1 Å². The van der Waals surface area contributed by atoms with Gasteiger partial charge in [-0.05, 0) is 45.4 Å². The normalized spacial score (nSPS) is 19.9. The number of hydrogen-bond acceptors (Lipinski definition) is 3. The Kier molecular flexibility index (Phi) is 6.34. The van der Waals surface area contributed by atoms with Crippen LogP contribution in [-0.2, 0) is 9.59 Å². The van der Waals surface area contributed by atoms with E-state index in [9.17, 15) is 14.4 Å². The highest BCUT2D eigenvalue weighted by Gasteiger charge is 2.46. The van der Waals surface area contributed by atoms with E-state index in [0.29, 0.717) is 33.4 Å². The molecular formula is C21H26Cl2N4O3. The third-order valence-electron chi connectivity index (χ3n) is 5.79. The van der Waals surface area contributed by atoms with Crippen molar-refractivity contribution in [1.82, 2.24) is 20.0 Å². The van der Waals surface area contributed by atoms with Crippen molar-refractivity contribution in [3.05, 3.63) is 45.1 Å². The van der Waals surface area contributed by atoms with Crippen molar-refractivity contribution >= 4 is 41.0 Å². The molecule has 9 heteroatoms. The molecule has 0 aliphatic carbocycles. The van der Waals surface area contributed by atoms with Crippen molar-refractivity contribution in [2.24, 2.45) is 0 Å². The number of nitrogens with zero attached hydrogens (tertiary/aromatic N) is 3. The zero-order valence-electron chi connectivity index (χ0n) is 17.7. The van der Waals surface area contributed by atoms with E-state index < -0.39 is 12.1 Å². The number of likely N-dealkylation sites (N-methyl/N-ethyl adjacent to an activating group) is 2. The first kappa shape index (κ1) is 22.4. The quantitative estimate of drug-likeness (QED) is 0.743. The average molecular weight is 453 g/mol. The Balaban J connectivity index is 2.01. The van der Waals surface area contributed by atoms with Gasteiger partial charge in [0.05, 0.1) is 23.9 Å².